The summed E-state index contributed by atoms with van der Waals surface area (Å²) < 4.78 is 6.85. The topological polar surface area (TPSA) is 53.5 Å². The number of fused-ring (bicyclic) bond motifs is 33. The van der Waals surface area contributed by atoms with Crippen molar-refractivity contribution in [2.75, 3.05) is 0 Å². The van der Waals surface area contributed by atoms with Crippen LogP contribution in [0.4, 0.5) is 0 Å². The van der Waals surface area contributed by atoms with E-state index in [1.54, 1.807) is 0 Å². The van der Waals surface area contributed by atoms with Crippen LogP contribution in [-0.2, 0) is 0 Å². The van der Waals surface area contributed by atoms with Crippen LogP contribution in [0.2, 0.25) is 0 Å². The maximum Gasteiger partial charge on any atom is 0.145 e. The van der Waals surface area contributed by atoms with Crippen LogP contribution in [0.25, 0.3) is 250 Å². The first kappa shape index (κ1) is 74.4. The predicted octanol–water partition coefficient (Wildman–Crippen LogP) is 32.5. The molecule has 24 aromatic rings. The second-order valence-corrected chi connectivity index (χ2v) is 33.5. The predicted molar refractivity (Wildman–Crippen MR) is 538 cm³/mol. The quantitative estimate of drug-likeness (QED) is 0.167. The molecule has 6 heterocycles. The number of hydrogen-bond donors (Lipinski definition) is 0. The SMILES string of the molecule is c1ccc(-n2c3ccc(-c4ccc5c(c4)-c4ccccc4-c4ccccc4-c4ccccc4-5)cc3c3cccnc32)cc1.c1ccc(-n2c3ccc(-c4ccc5c(c4)-c4ccccc4-c4ccccc4-c4ccccc4-5)cc3c3ccncc32)cc1.c1ccc(-n2c3ccc(-c4cccc5c4-c4ccccc4-c4ccccc4-c4ccccc4-5)cc3c3cccnc32)cc1. The summed E-state index contributed by atoms with van der Waals surface area (Å²) in [4.78, 5) is 14.1. The van der Waals surface area contributed by atoms with Gasteiger partial charge in [-0.2, -0.15) is 0 Å². The van der Waals surface area contributed by atoms with Crippen LogP contribution in [0, 0.1) is 0 Å². The second-order valence-electron chi connectivity index (χ2n) is 33.5. The fraction of sp³-hybridized carbons (Fsp3) is 0. The van der Waals surface area contributed by atoms with Crippen molar-refractivity contribution in [2.45, 2.75) is 0 Å². The highest BCUT2D eigenvalue weighted by molar-refractivity contribution is 6.15. The van der Waals surface area contributed by atoms with Gasteiger partial charge in [0, 0.05) is 68.0 Å². The molecule has 0 saturated heterocycles. The van der Waals surface area contributed by atoms with Gasteiger partial charge >= 0.3 is 0 Å². The number of aromatic nitrogens is 6. The van der Waals surface area contributed by atoms with Gasteiger partial charge in [0.25, 0.3) is 0 Å². The van der Waals surface area contributed by atoms with Crippen LogP contribution in [0.5, 0.6) is 0 Å². The lowest BCUT2D eigenvalue weighted by Gasteiger charge is -2.25. The third-order valence-electron chi connectivity index (χ3n) is 26.6. The average Bonchev–Trinajstić information content (AvgIpc) is 1.70. The Labute approximate surface area is 746 Å². The molecule has 6 aromatic heterocycles. The first-order valence-electron chi connectivity index (χ1n) is 44.2. The zero-order chi connectivity index (χ0) is 85.0. The molecule has 0 aliphatic heterocycles. The van der Waals surface area contributed by atoms with Crippen LogP contribution < -0.4 is 0 Å². The Bertz CT molecular complexity index is 8190. The third-order valence-corrected chi connectivity index (χ3v) is 26.6. The Morgan fingerprint density at radius 3 is 0.806 bits per heavy atom. The molecular weight excluding hydrogens is 1560 g/mol. The average molecular weight is 1640 g/mol. The summed E-state index contributed by atoms with van der Waals surface area (Å²) in [6.45, 7) is 0. The lowest BCUT2D eigenvalue weighted by Crippen LogP contribution is -1.98. The summed E-state index contributed by atoms with van der Waals surface area (Å²) in [5.74, 6) is 0. The van der Waals surface area contributed by atoms with E-state index in [-0.39, 0.29) is 0 Å². The molecule has 0 unspecified atom stereocenters. The van der Waals surface area contributed by atoms with Gasteiger partial charge in [-0.3, -0.25) is 14.1 Å². The second kappa shape index (κ2) is 30.9. The molecule has 27 rings (SSSR count). The number of hydrogen-bond acceptors (Lipinski definition) is 3. The Morgan fingerprint density at radius 1 is 0.147 bits per heavy atom. The van der Waals surface area contributed by atoms with Crippen molar-refractivity contribution in [3.63, 3.8) is 0 Å². The molecule has 0 saturated carbocycles. The van der Waals surface area contributed by atoms with E-state index in [4.69, 9.17) is 9.97 Å². The number of pyridine rings is 3. The maximum atomic E-state index is 4.83. The molecule has 0 amide bonds. The van der Waals surface area contributed by atoms with Crippen molar-refractivity contribution in [1.29, 1.82) is 0 Å². The van der Waals surface area contributed by atoms with E-state index in [1.807, 2.05) is 36.9 Å². The zero-order valence-electron chi connectivity index (χ0n) is 70.2. The van der Waals surface area contributed by atoms with E-state index in [1.165, 1.54) is 194 Å². The highest BCUT2D eigenvalue weighted by atomic mass is 15.1. The molecule has 0 radical (unpaired) electrons. The fourth-order valence-corrected chi connectivity index (χ4v) is 20.8. The van der Waals surface area contributed by atoms with Crippen molar-refractivity contribution in [1.82, 2.24) is 28.7 Å². The summed E-state index contributed by atoms with van der Waals surface area (Å²) in [5.41, 5.74) is 47.4. The van der Waals surface area contributed by atoms with Gasteiger partial charge in [0.1, 0.15) is 11.3 Å². The highest BCUT2D eigenvalue weighted by Crippen LogP contribution is 2.55. The monoisotopic (exact) mass is 1640 g/mol. The van der Waals surface area contributed by atoms with Gasteiger partial charge < -0.3 is 4.57 Å². The van der Waals surface area contributed by atoms with Crippen molar-refractivity contribution in [2.24, 2.45) is 0 Å². The third kappa shape index (κ3) is 12.4. The van der Waals surface area contributed by atoms with Gasteiger partial charge in [-0.1, -0.05) is 334 Å². The molecule has 0 fully saturated rings. The zero-order valence-corrected chi connectivity index (χ0v) is 70.2. The Balaban J connectivity index is 0.000000105. The van der Waals surface area contributed by atoms with Crippen molar-refractivity contribution < 1.29 is 0 Å². The molecule has 3 aliphatic carbocycles. The number of nitrogens with zero attached hydrogens (tertiary/aromatic N) is 6. The minimum atomic E-state index is 0.972. The highest BCUT2D eigenvalue weighted by Gasteiger charge is 2.29. The van der Waals surface area contributed by atoms with Crippen molar-refractivity contribution in [3.8, 4) is 184 Å². The standard InChI is InChI=1S/3C41H26N2/c1-2-12-28(13-3-1)43-39-24-23-27(26-38(39)37-22-11-25-42-41(37)43)29-20-10-21-36-34-17-7-6-16-32(34)30-14-4-5-15-31(30)33-18-8-9-19-35(33)40(29)36;1-2-11-29(12-3-1)43-40-23-21-28(26-39(40)37-19-10-24-42-41(37)43)27-20-22-36-34-17-7-6-15-32(34)30-13-4-5-14-31(30)33-16-8-9-18-35(33)38(36)25-27;1-2-10-29(11-3-1)43-40-21-19-28(25-39(40)37-22-23-42-26-41(37)43)27-18-20-36-34-16-7-6-14-32(34)30-12-4-5-13-31(30)33-15-8-9-17-35(33)38(36)24-27/h3*1-26H. The first-order valence-corrected chi connectivity index (χ1v) is 44.2. The van der Waals surface area contributed by atoms with E-state index in [0.29, 0.717) is 0 Å². The van der Waals surface area contributed by atoms with Gasteiger partial charge in [-0.25, -0.2) is 9.97 Å². The number of para-hydroxylation sites is 3. The molecule has 6 heteroatoms. The van der Waals surface area contributed by atoms with Gasteiger partial charge in [-0.15, -0.1) is 0 Å². The van der Waals surface area contributed by atoms with Crippen LogP contribution in [0.1, 0.15) is 0 Å². The largest absolute Gasteiger partial charge is 0.308 e. The van der Waals surface area contributed by atoms with E-state index < -0.39 is 0 Å². The summed E-state index contributed by atoms with van der Waals surface area (Å²) >= 11 is 0. The van der Waals surface area contributed by atoms with E-state index in [9.17, 15) is 0 Å². The smallest absolute Gasteiger partial charge is 0.145 e. The Morgan fingerprint density at radius 2 is 0.419 bits per heavy atom. The summed E-state index contributed by atoms with van der Waals surface area (Å²) in [6.07, 6.45) is 7.62. The van der Waals surface area contributed by atoms with Gasteiger partial charge in [0.2, 0.25) is 0 Å². The van der Waals surface area contributed by atoms with E-state index >= 15 is 0 Å². The number of rotatable bonds is 6. The molecule has 0 atom stereocenters. The molecule has 0 N–H and O–H groups in total. The van der Waals surface area contributed by atoms with Crippen LogP contribution in [0.3, 0.4) is 0 Å². The van der Waals surface area contributed by atoms with Gasteiger partial charge in [-0.05, 0) is 282 Å². The van der Waals surface area contributed by atoms with Crippen molar-refractivity contribution >= 4 is 65.7 Å². The molecule has 18 aromatic carbocycles. The first-order chi connectivity index (χ1) is 64.1. The molecule has 3 aliphatic rings. The van der Waals surface area contributed by atoms with E-state index in [0.717, 1.165) is 55.7 Å². The lowest BCUT2D eigenvalue weighted by molar-refractivity contribution is 1.14. The molecule has 129 heavy (non-hydrogen) atoms. The summed E-state index contributed by atoms with van der Waals surface area (Å²) in [5, 5.41) is 7.15. The molecule has 6 nitrogen and oxygen atoms in total. The Kier molecular flexibility index (Phi) is 17.9. The van der Waals surface area contributed by atoms with Crippen LogP contribution in [-0.4, -0.2) is 28.7 Å². The van der Waals surface area contributed by atoms with Gasteiger partial charge in [0.05, 0.1) is 28.3 Å². The molecular formula is C123H78N6. The summed E-state index contributed by atoms with van der Waals surface area (Å²) in [7, 11) is 0. The minimum absolute atomic E-state index is 0.972. The van der Waals surface area contributed by atoms with Gasteiger partial charge in [0.15, 0.2) is 0 Å². The van der Waals surface area contributed by atoms with E-state index in [2.05, 4.69) is 455 Å². The minimum Gasteiger partial charge on any atom is -0.308 e. The molecule has 600 valence electrons. The summed E-state index contributed by atoms with van der Waals surface area (Å²) in [6, 6.07) is 163. The molecule has 0 bridgehead atoms. The fourth-order valence-electron chi connectivity index (χ4n) is 20.8. The lowest BCUT2D eigenvalue weighted by atomic mass is 9.78. The van der Waals surface area contributed by atoms with Crippen molar-refractivity contribution in [3.05, 3.63) is 474 Å². The van der Waals surface area contributed by atoms with Crippen LogP contribution in [0.15, 0.2) is 474 Å². The Hall–Kier alpha value is -17.2. The number of benzene rings is 18. The molecule has 0 spiro atoms. The maximum absolute atomic E-state index is 4.83. The van der Waals surface area contributed by atoms with Crippen LogP contribution >= 0.6 is 0 Å². The normalized spacial score (nSPS) is 11.7.